The number of likely N-dealkylation sites (tertiary alicyclic amines) is 1. The molecule has 3 fully saturated rings. The number of carbonyl (C=O) groups excluding carboxylic acids is 4. The lowest BCUT2D eigenvalue weighted by molar-refractivity contribution is -0.139. The van der Waals surface area contributed by atoms with Crippen molar-refractivity contribution in [1.82, 2.24) is 40.4 Å². The van der Waals surface area contributed by atoms with Crippen molar-refractivity contribution in [2.75, 3.05) is 13.7 Å². The maximum Gasteiger partial charge on any atom is 0.408 e. The molecule has 5 unspecified atom stereocenters. The zero-order chi connectivity index (χ0) is 41.0. The van der Waals surface area contributed by atoms with Gasteiger partial charge >= 0.3 is 12.2 Å². The van der Waals surface area contributed by atoms with Crippen molar-refractivity contribution in [3.63, 3.8) is 0 Å². The Morgan fingerprint density at radius 3 is 1.97 bits per heavy atom. The van der Waals surface area contributed by atoms with Gasteiger partial charge in [0.05, 0.1) is 43.0 Å². The summed E-state index contributed by atoms with van der Waals surface area (Å²) in [6.07, 6.45) is 7.12. The number of amides is 4. The Balaban J connectivity index is 0.886. The van der Waals surface area contributed by atoms with Crippen molar-refractivity contribution < 1.29 is 28.7 Å². The number of aromatic nitrogens is 4. The summed E-state index contributed by atoms with van der Waals surface area (Å²) in [6.45, 7) is 4.54. The zero-order valence-electron chi connectivity index (χ0n) is 33.5. The van der Waals surface area contributed by atoms with E-state index in [4.69, 9.17) is 14.5 Å². The molecule has 14 nitrogen and oxygen atoms in total. The van der Waals surface area contributed by atoms with Crippen molar-refractivity contribution in [2.45, 2.75) is 89.2 Å². The molecular weight excluding hydrogens is 749 g/mol. The van der Waals surface area contributed by atoms with Crippen molar-refractivity contribution in [3.8, 4) is 33.6 Å². The predicted molar refractivity (Wildman–Crippen MR) is 220 cm³/mol. The number of imidazole rings is 2. The Kier molecular flexibility index (Phi) is 11.5. The third-order valence-electron chi connectivity index (χ3n) is 11.8. The van der Waals surface area contributed by atoms with Crippen LogP contribution in [0.3, 0.4) is 0 Å². The van der Waals surface area contributed by atoms with Gasteiger partial charge in [0.1, 0.15) is 30.3 Å². The molecule has 3 aliphatic heterocycles. The SMILES string of the molecule is COC(=O)NC(C(=O)N1CCCC1c1ncc(-c2ccc(-c3ccc(-c4cnc(C5CCC6CCC(NC(=O)OCc7ccccc7)C(=O)N65)[nH]4)cc3)cc2)[nH]1)C(C)C. The Hall–Kier alpha value is -6.44. The van der Waals surface area contributed by atoms with E-state index in [1.807, 2.05) is 60.2 Å². The molecule has 3 aliphatic rings. The highest BCUT2D eigenvalue weighted by atomic mass is 16.5. The number of fused-ring (bicyclic) bond motifs is 1. The Morgan fingerprint density at radius 1 is 0.763 bits per heavy atom. The molecule has 4 amide bonds. The topological polar surface area (TPSA) is 175 Å². The normalized spacial score (nSPS) is 20.6. The van der Waals surface area contributed by atoms with Crippen LogP contribution in [0.2, 0.25) is 0 Å². The third-order valence-corrected chi connectivity index (χ3v) is 11.8. The van der Waals surface area contributed by atoms with Gasteiger partial charge in [-0.3, -0.25) is 9.59 Å². The molecule has 306 valence electrons. The van der Waals surface area contributed by atoms with Crippen LogP contribution in [-0.2, 0) is 25.7 Å². The number of hydrogen-bond donors (Lipinski definition) is 4. The van der Waals surface area contributed by atoms with Crippen LogP contribution in [-0.4, -0.2) is 85.5 Å². The number of alkyl carbamates (subject to hydrolysis) is 2. The minimum Gasteiger partial charge on any atom is -0.453 e. The third kappa shape index (κ3) is 8.43. The molecule has 8 rings (SSSR count). The lowest BCUT2D eigenvalue weighted by Gasteiger charge is -2.37. The van der Waals surface area contributed by atoms with Gasteiger partial charge in [-0.1, -0.05) is 92.7 Å². The molecule has 0 spiro atoms. The van der Waals surface area contributed by atoms with Crippen LogP contribution in [0.15, 0.2) is 91.3 Å². The fraction of sp³-hybridized carbons (Fsp3) is 0.378. The molecule has 59 heavy (non-hydrogen) atoms. The van der Waals surface area contributed by atoms with Crippen LogP contribution < -0.4 is 10.6 Å². The predicted octanol–water partition coefficient (Wildman–Crippen LogP) is 7.30. The smallest absolute Gasteiger partial charge is 0.408 e. The molecule has 5 aromatic rings. The fourth-order valence-electron chi connectivity index (χ4n) is 8.65. The molecule has 0 aliphatic carbocycles. The average molecular weight is 799 g/mol. The maximum absolute atomic E-state index is 13.7. The van der Waals surface area contributed by atoms with Crippen LogP contribution >= 0.6 is 0 Å². The number of benzene rings is 3. The molecule has 2 aromatic heterocycles. The number of H-pyrrole nitrogens is 2. The van der Waals surface area contributed by atoms with E-state index in [0.717, 1.165) is 83.0 Å². The van der Waals surface area contributed by atoms with Crippen molar-refractivity contribution in [2.24, 2.45) is 5.92 Å². The van der Waals surface area contributed by atoms with Crippen LogP contribution in [0.5, 0.6) is 0 Å². The number of nitrogens with zero attached hydrogens (tertiary/aromatic N) is 4. The van der Waals surface area contributed by atoms with Crippen LogP contribution in [0.25, 0.3) is 33.6 Å². The van der Waals surface area contributed by atoms with E-state index in [0.29, 0.717) is 13.0 Å². The van der Waals surface area contributed by atoms with Gasteiger partial charge < -0.3 is 39.9 Å². The van der Waals surface area contributed by atoms with E-state index in [1.54, 1.807) is 6.20 Å². The van der Waals surface area contributed by atoms with E-state index in [-0.39, 0.29) is 42.5 Å². The largest absolute Gasteiger partial charge is 0.453 e. The monoisotopic (exact) mass is 798 g/mol. The summed E-state index contributed by atoms with van der Waals surface area (Å²) in [6, 6.07) is 24.4. The van der Waals surface area contributed by atoms with E-state index in [1.165, 1.54) is 7.11 Å². The highest BCUT2D eigenvalue weighted by Crippen LogP contribution is 2.41. The summed E-state index contributed by atoms with van der Waals surface area (Å²) in [5.74, 6) is 1.12. The Bertz CT molecular complexity index is 2270. The Labute approximate surface area is 343 Å². The number of methoxy groups -OCH3 is 1. The number of rotatable bonds is 11. The number of aromatic amines is 2. The highest BCUT2D eigenvalue weighted by Gasteiger charge is 2.45. The molecule has 0 radical (unpaired) electrons. The number of ether oxygens (including phenoxy) is 2. The highest BCUT2D eigenvalue weighted by molar-refractivity contribution is 5.87. The van der Waals surface area contributed by atoms with Gasteiger partial charge in [0, 0.05) is 12.6 Å². The average Bonchev–Trinajstić information content (AvgIpc) is 4.10. The molecule has 3 saturated heterocycles. The van der Waals surface area contributed by atoms with Crippen LogP contribution in [0.4, 0.5) is 9.59 Å². The second-order valence-corrected chi connectivity index (χ2v) is 15.9. The fourth-order valence-corrected chi connectivity index (χ4v) is 8.65. The van der Waals surface area contributed by atoms with Crippen molar-refractivity contribution >= 4 is 24.0 Å². The summed E-state index contributed by atoms with van der Waals surface area (Å²) in [4.78, 5) is 71.9. The lowest BCUT2D eigenvalue weighted by atomic mass is 9.98. The first-order valence-corrected chi connectivity index (χ1v) is 20.4. The van der Waals surface area contributed by atoms with E-state index < -0.39 is 24.3 Å². The van der Waals surface area contributed by atoms with Gasteiger partial charge in [0.2, 0.25) is 11.8 Å². The quantitative estimate of drug-likeness (QED) is 0.108. The van der Waals surface area contributed by atoms with Gasteiger partial charge in [-0.25, -0.2) is 19.6 Å². The number of nitrogens with one attached hydrogen (secondary N) is 4. The van der Waals surface area contributed by atoms with Gasteiger partial charge in [0.25, 0.3) is 0 Å². The first-order valence-electron chi connectivity index (χ1n) is 20.4. The first-order chi connectivity index (χ1) is 28.7. The molecule has 5 atom stereocenters. The second-order valence-electron chi connectivity index (χ2n) is 15.9. The number of carbonyl (C=O) groups is 4. The maximum atomic E-state index is 13.7. The second kappa shape index (κ2) is 17.2. The van der Waals surface area contributed by atoms with E-state index in [2.05, 4.69) is 74.1 Å². The van der Waals surface area contributed by atoms with Gasteiger partial charge in [0.15, 0.2) is 0 Å². The van der Waals surface area contributed by atoms with Gasteiger partial charge in [-0.05, 0) is 72.3 Å². The van der Waals surface area contributed by atoms with Gasteiger partial charge in [-0.15, -0.1) is 0 Å². The van der Waals surface area contributed by atoms with Crippen molar-refractivity contribution in [3.05, 3.63) is 108 Å². The van der Waals surface area contributed by atoms with E-state index in [9.17, 15) is 19.2 Å². The molecule has 14 heteroatoms. The van der Waals surface area contributed by atoms with Crippen LogP contribution in [0.1, 0.15) is 81.7 Å². The summed E-state index contributed by atoms with van der Waals surface area (Å²) in [5.41, 5.74) is 6.68. The molecule has 0 saturated carbocycles. The Morgan fingerprint density at radius 2 is 1.36 bits per heavy atom. The van der Waals surface area contributed by atoms with Crippen molar-refractivity contribution in [1.29, 1.82) is 0 Å². The summed E-state index contributed by atoms with van der Waals surface area (Å²) in [5, 5.41) is 5.50. The minimum absolute atomic E-state index is 0.0970. The first kappa shape index (κ1) is 39.4. The molecule has 0 bridgehead atoms. The minimum atomic E-state index is -0.689. The number of piperidine rings is 1. The zero-order valence-corrected chi connectivity index (χ0v) is 33.5. The standard InChI is InChI=1S/C45H50N8O6/c1-27(2)39(51-44(56)58-3)43(55)52-23-7-10-37(52)40-46-24-35(48-40)31-15-11-29(12-16-31)30-13-17-32(18-14-30)36-25-47-41(49-36)38-22-20-33-19-21-34(42(54)53(33)38)50-45(57)59-26-28-8-5-4-6-9-28/h4-6,8-9,11-18,24-25,27,33-34,37-39H,7,10,19-23,26H2,1-3H3,(H,46,48)(H,47,49)(H,50,57)(H,51,56). The summed E-state index contributed by atoms with van der Waals surface area (Å²) < 4.78 is 10.2. The lowest BCUT2D eigenvalue weighted by Crippen LogP contribution is -2.54. The molecule has 5 heterocycles. The van der Waals surface area contributed by atoms with Gasteiger partial charge in [-0.2, -0.15) is 0 Å². The summed E-state index contributed by atoms with van der Waals surface area (Å²) in [7, 11) is 1.29. The van der Waals surface area contributed by atoms with Crippen LogP contribution in [0, 0.1) is 5.92 Å². The molecule has 4 N–H and O–H groups in total. The molecule has 3 aromatic carbocycles. The molecular formula is C45H50N8O6. The number of hydrogen-bond acceptors (Lipinski definition) is 8. The van der Waals surface area contributed by atoms with E-state index >= 15 is 0 Å². The summed E-state index contributed by atoms with van der Waals surface area (Å²) >= 11 is 0.